The van der Waals surface area contributed by atoms with E-state index in [9.17, 15) is 9.59 Å². The largest absolute Gasteiger partial charge is 0.444 e. The Bertz CT molecular complexity index is 594. The molecule has 6 aliphatic rings. The van der Waals surface area contributed by atoms with Crippen molar-refractivity contribution in [3.8, 4) is 0 Å². The molecule has 27 heavy (non-hydrogen) atoms. The summed E-state index contributed by atoms with van der Waals surface area (Å²) in [5.74, 6) is 4.29. The van der Waals surface area contributed by atoms with Crippen LogP contribution < -0.4 is 0 Å². The highest BCUT2D eigenvalue weighted by Gasteiger charge is 2.54. The number of carbonyl (C=O) groups excluding carboxylic acids is 2. The van der Waals surface area contributed by atoms with E-state index in [0.29, 0.717) is 23.5 Å². The van der Waals surface area contributed by atoms with Crippen LogP contribution in [0.5, 0.6) is 0 Å². The Balaban J connectivity index is 1.27. The summed E-state index contributed by atoms with van der Waals surface area (Å²) >= 11 is 0. The van der Waals surface area contributed by atoms with Gasteiger partial charge in [0.25, 0.3) is 0 Å². The van der Waals surface area contributed by atoms with Crippen LogP contribution in [0.3, 0.4) is 0 Å². The van der Waals surface area contributed by atoms with Gasteiger partial charge in [0.1, 0.15) is 11.4 Å². The second kappa shape index (κ2) is 6.22. The van der Waals surface area contributed by atoms with Crippen LogP contribution in [0.1, 0.15) is 78.6 Å². The Morgan fingerprint density at radius 3 is 1.81 bits per heavy atom. The van der Waals surface area contributed by atoms with Crippen molar-refractivity contribution >= 4 is 11.9 Å². The van der Waals surface area contributed by atoms with E-state index >= 15 is 0 Å². The average molecular weight is 374 g/mol. The normalized spacial score (nSPS) is 45.2. The van der Waals surface area contributed by atoms with Crippen molar-refractivity contribution in [3.05, 3.63) is 0 Å². The molecule has 6 bridgehead atoms. The molecule has 0 radical (unpaired) electrons. The number of amides is 1. The molecular weight excluding hydrogens is 338 g/mol. The number of rotatable bonds is 2. The molecule has 4 nitrogen and oxygen atoms in total. The van der Waals surface area contributed by atoms with Crippen molar-refractivity contribution in [2.45, 2.75) is 96.2 Å². The summed E-state index contributed by atoms with van der Waals surface area (Å²) in [5, 5.41) is 0. The predicted molar refractivity (Wildman–Crippen MR) is 103 cm³/mol. The Morgan fingerprint density at radius 2 is 1.33 bits per heavy atom. The lowest BCUT2D eigenvalue weighted by Crippen LogP contribution is -2.53. The van der Waals surface area contributed by atoms with E-state index in [1.807, 2.05) is 25.7 Å². The van der Waals surface area contributed by atoms with Gasteiger partial charge in [0.2, 0.25) is 0 Å². The number of ether oxygens (including phenoxy) is 1. The fraction of sp³-hybridized carbons (Fsp3) is 0.913. The molecule has 0 spiro atoms. The number of nitrogens with zero attached hydrogens (tertiary/aromatic N) is 1. The van der Waals surface area contributed by atoms with Crippen LogP contribution in [0, 0.1) is 35.5 Å². The highest BCUT2D eigenvalue weighted by Crippen LogP contribution is 2.57. The van der Waals surface area contributed by atoms with E-state index in [4.69, 9.17) is 4.74 Å². The van der Waals surface area contributed by atoms with Crippen molar-refractivity contribution in [1.29, 1.82) is 0 Å². The van der Waals surface area contributed by atoms with Gasteiger partial charge in [-0.25, -0.2) is 4.79 Å². The summed E-state index contributed by atoms with van der Waals surface area (Å²) in [6, 6.07) is 0.425. The average Bonchev–Trinajstić information content (AvgIpc) is 2.82. The van der Waals surface area contributed by atoms with Gasteiger partial charge in [0.15, 0.2) is 0 Å². The van der Waals surface area contributed by atoms with Crippen molar-refractivity contribution in [2.24, 2.45) is 35.5 Å². The third-order valence-corrected chi connectivity index (χ3v) is 8.30. The van der Waals surface area contributed by atoms with E-state index < -0.39 is 5.60 Å². The summed E-state index contributed by atoms with van der Waals surface area (Å²) in [4.78, 5) is 28.2. The summed E-state index contributed by atoms with van der Waals surface area (Å²) in [5.41, 5.74) is -0.455. The fourth-order valence-electron chi connectivity index (χ4n) is 7.68. The number of fused-ring (bicyclic) bond motifs is 2. The summed E-state index contributed by atoms with van der Waals surface area (Å²) in [7, 11) is 0. The lowest BCUT2D eigenvalue weighted by Gasteiger charge is -2.54. The lowest BCUT2D eigenvalue weighted by molar-refractivity contribution is -0.142. The topological polar surface area (TPSA) is 46.6 Å². The molecule has 2 unspecified atom stereocenters. The Labute approximate surface area is 163 Å². The standard InChI is InChI=1S/C23H35NO3/c1-23(2,3)27-22(26)24-18-4-5-19(24)12-17(11-18)21(25)20-15-7-13-6-14(9-15)10-16(20)8-13/h13-20H,4-12H2,1-3H3. The summed E-state index contributed by atoms with van der Waals surface area (Å²) in [6.45, 7) is 5.78. The van der Waals surface area contributed by atoms with Gasteiger partial charge in [-0.3, -0.25) is 4.79 Å². The maximum absolute atomic E-state index is 13.6. The van der Waals surface area contributed by atoms with Gasteiger partial charge in [-0.2, -0.15) is 0 Å². The van der Waals surface area contributed by atoms with Gasteiger partial charge in [-0.1, -0.05) is 0 Å². The first kappa shape index (κ1) is 18.0. The summed E-state index contributed by atoms with van der Waals surface area (Å²) in [6.07, 6.45) is 10.3. The molecule has 1 amide bonds. The first-order valence-corrected chi connectivity index (χ1v) is 11.3. The third-order valence-electron chi connectivity index (χ3n) is 8.30. The smallest absolute Gasteiger partial charge is 0.410 e. The fourth-order valence-corrected chi connectivity index (χ4v) is 7.68. The lowest BCUT2D eigenvalue weighted by atomic mass is 9.50. The van der Waals surface area contributed by atoms with E-state index in [1.54, 1.807) is 0 Å². The number of hydrogen-bond donors (Lipinski definition) is 0. The Hall–Kier alpha value is -1.06. The number of hydrogen-bond acceptors (Lipinski definition) is 3. The molecular formula is C23H35NO3. The first-order valence-electron chi connectivity index (χ1n) is 11.3. The number of ketones is 1. The number of Topliss-reactive ketones (excluding diaryl/α,β-unsaturated/α-hetero) is 1. The molecule has 6 fully saturated rings. The zero-order chi connectivity index (χ0) is 18.9. The SMILES string of the molecule is CC(C)(C)OC(=O)N1C2CCC1CC(C(=O)C1C3CC4CC(C3)CC1C4)C2. The Kier molecular flexibility index (Phi) is 4.15. The molecule has 6 rings (SSSR count). The molecule has 4 saturated carbocycles. The molecule has 150 valence electrons. The number of carbonyl (C=O) groups is 2. The molecule has 4 heteroatoms. The van der Waals surface area contributed by atoms with E-state index in [-0.39, 0.29) is 24.1 Å². The molecule has 2 saturated heterocycles. The van der Waals surface area contributed by atoms with Crippen molar-refractivity contribution in [1.82, 2.24) is 4.90 Å². The molecule has 2 atom stereocenters. The minimum Gasteiger partial charge on any atom is -0.444 e. The zero-order valence-electron chi connectivity index (χ0n) is 17.2. The summed E-state index contributed by atoms with van der Waals surface area (Å²) < 4.78 is 5.65. The van der Waals surface area contributed by atoms with Gasteiger partial charge >= 0.3 is 6.09 Å². The van der Waals surface area contributed by atoms with Crippen LogP contribution in [0.15, 0.2) is 0 Å². The monoisotopic (exact) mass is 373 g/mol. The first-order chi connectivity index (χ1) is 12.8. The Morgan fingerprint density at radius 1 is 0.815 bits per heavy atom. The van der Waals surface area contributed by atoms with Crippen LogP contribution in [-0.4, -0.2) is 34.5 Å². The molecule has 0 aromatic heterocycles. The second-order valence-corrected chi connectivity index (χ2v) is 11.3. The van der Waals surface area contributed by atoms with Crippen molar-refractivity contribution < 1.29 is 14.3 Å². The van der Waals surface area contributed by atoms with Gasteiger partial charge < -0.3 is 9.64 Å². The van der Waals surface area contributed by atoms with E-state index in [1.165, 1.54) is 32.1 Å². The van der Waals surface area contributed by atoms with Crippen LogP contribution in [0.2, 0.25) is 0 Å². The van der Waals surface area contributed by atoms with Gasteiger partial charge in [-0.05, 0) is 102 Å². The molecule has 2 aliphatic heterocycles. The number of piperidine rings is 1. The van der Waals surface area contributed by atoms with Crippen LogP contribution in [-0.2, 0) is 9.53 Å². The third kappa shape index (κ3) is 3.11. The van der Waals surface area contributed by atoms with Gasteiger partial charge in [0, 0.05) is 23.9 Å². The maximum atomic E-state index is 13.6. The maximum Gasteiger partial charge on any atom is 0.410 e. The van der Waals surface area contributed by atoms with Gasteiger partial charge in [0.05, 0.1) is 0 Å². The van der Waals surface area contributed by atoms with Crippen molar-refractivity contribution in [2.75, 3.05) is 0 Å². The molecule has 0 aromatic carbocycles. The van der Waals surface area contributed by atoms with Crippen LogP contribution >= 0.6 is 0 Å². The second-order valence-electron chi connectivity index (χ2n) is 11.3. The predicted octanol–water partition coefficient (Wildman–Crippen LogP) is 4.81. The minimum absolute atomic E-state index is 0.171. The zero-order valence-corrected chi connectivity index (χ0v) is 17.2. The quantitative estimate of drug-likeness (QED) is 0.698. The molecule has 0 N–H and O–H groups in total. The highest BCUT2D eigenvalue weighted by molar-refractivity contribution is 5.85. The van der Waals surface area contributed by atoms with E-state index in [0.717, 1.165) is 37.5 Å². The van der Waals surface area contributed by atoms with Crippen molar-refractivity contribution in [3.63, 3.8) is 0 Å². The minimum atomic E-state index is -0.455. The molecule has 4 aliphatic carbocycles. The van der Waals surface area contributed by atoms with E-state index in [2.05, 4.69) is 0 Å². The van der Waals surface area contributed by atoms with Crippen LogP contribution in [0.25, 0.3) is 0 Å². The molecule has 2 heterocycles. The van der Waals surface area contributed by atoms with Crippen LogP contribution in [0.4, 0.5) is 4.79 Å². The van der Waals surface area contributed by atoms with Gasteiger partial charge in [-0.15, -0.1) is 0 Å². The highest BCUT2D eigenvalue weighted by atomic mass is 16.6. The molecule has 0 aromatic rings.